The van der Waals surface area contributed by atoms with Crippen molar-refractivity contribution in [3.8, 4) is 56.6 Å². The van der Waals surface area contributed by atoms with Gasteiger partial charge in [-0.3, -0.25) is 0 Å². The molecule has 0 saturated heterocycles. The number of pyridine rings is 4. The van der Waals surface area contributed by atoms with E-state index in [2.05, 4.69) is 262 Å². The van der Waals surface area contributed by atoms with Gasteiger partial charge in [0.2, 0.25) is 0 Å². The van der Waals surface area contributed by atoms with Gasteiger partial charge in [0.05, 0.1) is 12.1 Å². The topological polar surface area (TPSA) is 63.1 Å². The molecular formula is C68H54F24N6P4. The van der Waals surface area contributed by atoms with Crippen molar-refractivity contribution in [1.82, 2.24) is 0 Å². The summed E-state index contributed by atoms with van der Waals surface area (Å²) in [6.45, 7) is 6.06. The SMILES string of the molecule is CC#N.CC#N.F[P-](F)(F)(F)(F)F.F[P-](F)(F)(F)(F)F.F[P-](F)(F)(F)(F)F.F[P-](F)(F)(F)(F)F.c1ccc2c3c4ccccc4c(c2c1)-c1cc[n+](cc1)Cc1ccc(cc1)C[n+]1ccc(cc1)-c1c2ccccc2c(c2ccccc12)-c1cc[n+](cc1)Cc1ccc(cc1)C[n+]1ccc-3cc1. The molecule has 0 amide bonds. The van der Waals surface area contributed by atoms with Crippen molar-refractivity contribution in [3.63, 3.8) is 0 Å². The molecule has 0 atom stereocenters. The summed E-state index contributed by atoms with van der Waals surface area (Å²) < 4.78 is 246. The van der Waals surface area contributed by atoms with Crippen LogP contribution in [-0.4, -0.2) is 0 Å². The van der Waals surface area contributed by atoms with E-state index < -0.39 is 31.2 Å². The average molecular weight is 1540 g/mol. The molecule has 8 aromatic carbocycles. The number of aromatic nitrogens is 4. The van der Waals surface area contributed by atoms with Gasteiger partial charge in [-0.1, -0.05) is 146 Å². The Hall–Kier alpha value is -9.58. The minimum Gasteiger partial charge on any atom is -0.201 e. The third kappa shape index (κ3) is 28.8. The Bertz CT molecular complexity index is 4330. The Morgan fingerprint density at radius 2 is 0.333 bits per heavy atom. The molecule has 0 spiro atoms. The van der Waals surface area contributed by atoms with Crippen LogP contribution >= 0.6 is 31.2 Å². The molecule has 0 saturated carbocycles. The first-order chi connectivity index (χ1) is 46.3. The third-order valence-electron chi connectivity index (χ3n) is 14.1. The summed E-state index contributed by atoms with van der Waals surface area (Å²) in [5, 5.41) is 24.7. The van der Waals surface area contributed by atoms with Gasteiger partial charge >= 0.3 is 132 Å². The van der Waals surface area contributed by atoms with Crippen LogP contribution in [0.3, 0.4) is 0 Å². The fourth-order valence-corrected chi connectivity index (χ4v) is 10.8. The molecule has 16 bridgehead atoms. The van der Waals surface area contributed by atoms with Crippen molar-refractivity contribution in [2.45, 2.75) is 40.0 Å². The van der Waals surface area contributed by atoms with E-state index in [1.807, 2.05) is 0 Å². The molecule has 20 aliphatic heterocycles. The number of hydrogen-bond donors (Lipinski definition) is 0. The summed E-state index contributed by atoms with van der Waals surface area (Å²) >= 11 is 0. The molecule has 0 unspecified atom stereocenters. The molecule has 24 heterocycles. The van der Waals surface area contributed by atoms with Crippen LogP contribution in [0.1, 0.15) is 36.1 Å². The monoisotopic (exact) mass is 1530 g/mol. The molecule has 20 aliphatic rings. The molecule has 6 nitrogen and oxygen atoms in total. The molecule has 34 heteroatoms. The van der Waals surface area contributed by atoms with E-state index in [0.717, 1.165) is 26.2 Å². The van der Waals surface area contributed by atoms with E-state index in [1.54, 1.807) is 12.1 Å². The van der Waals surface area contributed by atoms with Crippen LogP contribution in [0.2, 0.25) is 0 Å². The van der Waals surface area contributed by atoms with Gasteiger partial charge in [0.25, 0.3) is 0 Å². The first-order valence-electron chi connectivity index (χ1n) is 29.2. The van der Waals surface area contributed by atoms with Crippen LogP contribution in [0, 0.1) is 22.7 Å². The molecule has 0 aliphatic carbocycles. The van der Waals surface area contributed by atoms with Crippen LogP contribution in [0.4, 0.5) is 101 Å². The Kier molecular flexibility index (Phi) is 20.6. The largest absolute Gasteiger partial charge is 0.201 e. The van der Waals surface area contributed by atoms with Gasteiger partial charge in [-0.2, -0.15) is 10.5 Å². The Morgan fingerprint density at radius 3 is 0.441 bits per heavy atom. The first-order valence-corrected chi connectivity index (χ1v) is 37.3. The fourth-order valence-electron chi connectivity index (χ4n) is 10.8. The predicted octanol–water partition coefficient (Wildman–Crippen LogP) is 27.2. The second kappa shape index (κ2) is 26.4. The second-order valence-corrected chi connectivity index (χ2v) is 30.3. The van der Waals surface area contributed by atoms with E-state index in [9.17, 15) is 101 Å². The van der Waals surface area contributed by atoms with Gasteiger partial charge in [-0.25, -0.2) is 18.3 Å². The summed E-state index contributed by atoms with van der Waals surface area (Å²) in [4.78, 5) is 0. The van der Waals surface area contributed by atoms with Gasteiger partial charge < -0.3 is 0 Å². The molecule has 0 fully saturated rings. The Labute approximate surface area is 564 Å². The molecular weight excluding hydrogens is 1480 g/mol. The molecule has 4 aromatic heterocycles. The van der Waals surface area contributed by atoms with Crippen molar-refractivity contribution in [2.24, 2.45) is 0 Å². The fraction of sp³-hybridized carbons (Fsp3) is 0.0882. The van der Waals surface area contributed by atoms with E-state index >= 15 is 0 Å². The number of nitrogens with zero attached hydrogens (tertiary/aromatic N) is 6. The number of halogens is 24. The summed E-state index contributed by atoms with van der Waals surface area (Å²) in [5.41, 5.74) is 15.0. The number of fused-ring (bicyclic) bond motifs is 1. The average Bonchev–Trinajstić information content (AvgIpc) is 0.737. The quantitative estimate of drug-likeness (QED) is 0.0657. The van der Waals surface area contributed by atoms with Crippen molar-refractivity contribution < 1.29 is 119 Å². The third-order valence-corrected chi connectivity index (χ3v) is 14.1. The van der Waals surface area contributed by atoms with E-state index in [0.29, 0.717) is 0 Å². The zero-order valence-corrected chi connectivity index (χ0v) is 56.0. The zero-order valence-electron chi connectivity index (χ0n) is 52.5. The Morgan fingerprint density at radius 1 is 0.225 bits per heavy atom. The van der Waals surface area contributed by atoms with E-state index in [4.69, 9.17) is 10.5 Å². The smallest absolute Gasteiger partial charge is 0.173 e. The molecule has 32 rings (SSSR count). The summed E-state index contributed by atoms with van der Waals surface area (Å²) in [5.74, 6) is 0. The van der Waals surface area contributed by atoms with Crippen molar-refractivity contribution in [3.05, 3.63) is 266 Å². The number of hydrogen-bond acceptors (Lipinski definition) is 2. The summed E-state index contributed by atoms with van der Waals surface area (Å²) in [7, 11) is -42.6. The minimum atomic E-state index is -10.7. The first kappa shape index (κ1) is 79.7. The number of nitriles is 2. The van der Waals surface area contributed by atoms with Gasteiger partial charge in [-0.05, 0) is 87.6 Å². The van der Waals surface area contributed by atoms with E-state index in [-0.39, 0.29) is 0 Å². The molecule has 102 heavy (non-hydrogen) atoms. The predicted molar refractivity (Wildman–Crippen MR) is 352 cm³/mol. The zero-order chi connectivity index (χ0) is 76.0. The number of rotatable bonds is 0. The van der Waals surface area contributed by atoms with Gasteiger partial charge in [-0.15, -0.1) is 0 Å². The summed E-state index contributed by atoms with van der Waals surface area (Å²) in [6.07, 6.45) is 17.8. The van der Waals surface area contributed by atoms with Gasteiger partial charge in [0, 0.05) is 84.6 Å². The van der Waals surface area contributed by atoms with Crippen LogP contribution in [-0.2, 0) is 26.2 Å². The molecule has 544 valence electrons. The van der Waals surface area contributed by atoms with Gasteiger partial charge in [0.1, 0.15) is 0 Å². The standard InChI is InChI=1S/C64H48N4.2C2H3N.4F6P/c1-2-10-54-53(9-1)61-49-25-33-65(34-26-49)41-45-17-19-47(20-18-45)43-67-37-29-51(30-38-67)63-57-13-5-7-15-59(57)64(60-16-8-6-14-58(60)63)52-31-39-68(40-32-52)44-48-23-21-46(22-24-48)42-66-35-27-50(28-36-66)62(54)56-12-4-3-11-55(56)61;2*1-2-3;4*1-7(2,3,4,5)6/h1-40H,41-44H2;2*1H3;;;;/q+4;;;4*-1. The normalized spacial score (nSPS) is 14.8. The minimum absolute atomic E-state index is 0.799. The van der Waals surface area contributed by atoms with E-state index in [1.165, 1.54) is 124 Å². The van der Waals surface area contributed by atoms with Crippen LogP contribution in [0.25, 0.3) is 87.6 Å². The molecule has 0 radical (unpaired) electrons. The van der Waals surface area contributed by atoms with Crippen LogP contribution in [0.5, 0.6) is 0 Å². The maximum absolute atomic E-state index is 10.7. The number of benzene rings is 8. The van der Waals surface area contributed by atoms with Crippen molar-refractivity contribution >= 4 is 74.3 Å². The second-order valence-electron chi connectivity index (χ2n) is 22.6. The molecule has 0 N–H and O–H groups in total. The maximum Gasteiger partial charge on any atom is 0.173 e. The summed E-state index contributed by atoms with van der Waals surface area (Å²) in [6, 6.07) is 75.6. The Balaban J connectivity index is 0.000000357. The van der Waals surface area contributed by atoms with Crippen LogP contribution < -0.4 is 18.3 Å². The van der Waals surface area contributed by atoms with Crippen molar-refractivity contribution in [1.29, 1.82) is 10.5 Å². The molecule has 12 aromatic rings. The van der Waals surface area contributed by atoms with Gasteiger partial charge in [0.15, 0.2) is 75.8 Å². The van der Waals surface area contributed by atoms with Crippen LogP contribution in [0.15, 0.2) is 244 Å². The maximum atomic E-state index is 9.87. The van der Waals surface area contributed by atoms with Crippen molar-refractivity contribution in [2.75, 3.05) is 0 Å².